The zero-order chi connectivity index (χ0) is 18.8. The number of nitrogens with one attached hydrogen (secondary N) is 1. The van der Waals surface area contributed by atoms with Crippen molar-refractivity contribution in [2.24, 2.45) is 5.92 Å². The maximum Gasteiger partial charge on any atom is 0.317 e. The molecule has 0 atom stereocenters. The summed E-state index contributed by atoms with van der Waals surface area (Å²) in [5.41, 5.74) is 0.857. The Kier molecular flexibility index (Phi) is 5.27. The number of hydrogen-bond acceptors (Lipinski definition) is 4. The Morgan fingerprint density at radius 3 is 2.59 bits per heavy atom. The number of benzene rings is 1. The van der Waals surface area contributed by atoms with E-state index in [1.165, 1.54) is 25.0 Å². The van der Waals surface area contributed by atoms with Crippen molar-refractivity contribution in [3.63, 3.8) is 0 Å². The Balaban J connectivity index is 1.24. The van der Waals surface area contributed by atoms with E-state index < -0.39 is 5.97 Å². The first-order valence-electron chi connectivity index (χ1n) is 9.60. The maximum absolute atomic E-state index is 13.0. The van der Waals surface area contributed by atoms with Crippen molar-refractivity contribution in [1.82, 2.24) is 10.2 Å². The number of halogens is 1. The predicted molar refractivity (Wildman–Crippen MR) is 99.7 cm³/mol. The van der Waals surface area contributed by atoms with Crippen molar-refractivity contribution in [1.29, 1.82) is 0 Å². The quantitative estimate of drug-likeness (QED) is 0.705. The van der Waals surface area contributed by atoms with Crippen LogP contribution in [-0.4, -0.2) is 41.1 Å². The van der Waals surface area contributed by atoms with E-state index in [1.54, 1.807) is 12.1 Å². The van der Waals surface area contributed by atoms with Crippen LogP contribution in [0.3, 0.4) is 0 Å². The highest BCUT2D eigenvalue weighted by Gasteiger charge is 2.36. The van der Waals surface area contributed by atoms with Crippen LogP contribution in [0.1, 0.15) is 31.4 Å². The summed E-state index contributed by atoms with van der Waals surface area (Å²) in [4.78, 5) is 13.2. The molecule has 5 nitrogen and oxygen atoms in total. The topological polar surface area (TPSA) is 65.7 Å². The van der Waals surface area contributed by atoms with Gasteiger partial charge in [0, 0.05) is 24.2 Å². The van der Waals surface area contributed by atoms with Crippen molar-refractivity contribution < 1.29 is 18.7 Å². The molecular weight excluding hydrogens is 347 g/mol. The fourth-order valence-corrected chi connectivity index (χ4v) is 3.69. The number of furan rings is 1. The minimum Gasteiger partial charge on any atom is -0.480 e. The molecule has 0 unspecified atom stereocenters. The van der Waals surface area contributed by atoms with Gasteiger partial charge in [0.25, 0.3) is 0 Å². The molecule has 2 saturated carbocycles. The Labute approximate surface area is 158 Å². The first-order chi connectivity index (χ1) is 13.1. The summed E-state index contributed by atoms with van der Waals surface area (Å²) in [7, 11) is 0. The van der Waals surface area contributed by atoms with Crippen LogP contribution in [0.5, 0.6) is 0 Å². The third-order valence-electron chi connectivity index (χ3n) is 5.51. The Bertz CT molecular complexity index is 779. The van der Waals surface area contributed by atoms with Crippen molar-refractivity contribution in [2.75, 3.05) is 13.1 Å². The number of aliphatic carboxylic acids is 1. The molecule has 2 fully saturated rings. The summed E-state index contributed by atoms with van der Waals surface area (Å²) in [6.07, 6.45) is 4.43. The zero-order valence-electron chi connectivity index (χ0n) is 15.2. The molecule has 0 spiro atoms. The average Bonchev–Trinajstić information content (AvgIpc) is 3.28. The van der Waals surface area contributed by atoms with Gasteiger partial charge in [0.1, 0.15) is 17.3 Å². The van der Waals surface area contributed by atoms with Gasteiger partial charge in [-0.3, -0.25) is 9.69 Å². The van der Waals surface area contributed by atoms with Crippen LogP contribution in [-0.2, 0) is 11.3 Å². The lowest BCUT2D eigenvalue weighted by Crippen LogP contribution is -2.54. The van der Waals surface area contributed by atoms with E-state index in [-0.39, 0.29) is 12.4 Å². The molecule has 4 rings (SSSR count). The van der Waals surface area contributed by atoms with Gasteiger partial charge in [-0.25, -0.2) is 4.39 Å². The fourth-order valence-electron chi connectivity index (χ4n) is 3.69. The van der Waals surface area contributed by atoms with E-state index >= 15 is 0 Å². The molecule has 2 aliphatic rings. The number of rotatable bonds is 9. The smallest absolute Gasteiger partial charge is 0.317 e. The third kappa shape index (κ3) is 4.76. The second-order valence-electron chi connectivity index (χ2n) is 7.74. The highest BCUT2D eigenvalue weighted by molar-refractivity contribution is 5.69. The normalized spacial score (nSPS) is 22.0. The molecule has 1 aromatic heterocycles. The maximum atomic E-state index is 13.0. The first-order valence-corrected chi connectivity index (χ1v) is 9.60. The molecule has 6 heteroatoms. The summed E-state index contributed by atoms with van der Waals surface area (Å²) in [5.74, 6) is 1.28. The summed E-state index contributed by atoms with van der Waals surface area (Å²) in [5, 5.41) is 12.6. The van der Waals surface area contributed by atoms with Crippen LogP contribution in [0.15, 0.2) is 40.8 Å². The highest BCUT2D eigenvalue weighted by Crippen LogP contribution is 2.34. The van der Waals surface area contributed by atoms with Crippen LogP contribution in [0.25, 0.3) is 11.3 Å². The lowest BCUT2D eigenvalue weighted by atomic mass is 9.85. The van der Waals surface area contributed by atoms with Crippen molar-refractivity contribution in [2.45, 2.75) is 44.3 Å². The molecule has 2 aliphatic carbocycles. The van der Waals surface area contributed by atoms with Gasteiger partial charge in [0.15, 0.2) is 0 Å². The van der Waals surface area contributed by atoms with Crippen LogP contribution in [0.4, 0.5) is 4.39 Å². The van der Waals surface area contributed by atoms with Gasteiger partial charge in [-0.2, -0.15) is 0 Å². The van der Waals surface area contributed by atoms with Crippen molar-refractivity contribution in [3.05, 3.63) is 48.0 Å². The van der Waals surface area contributed by atoms with Crippen LogP contribution < -0.4 is 5.32 Å². The van der Waals surface area contributed by atoms with E-state index in [0.29, 0.717) is 24.5 Å². The fraction of sp³-hybridized carbons (Fsp3) is 0.476. The van der Waals surface area contributed by atoms with Crippen molar-refractivity contribution in [3.8, 4) is 11.3 Å². The van der Waals surface area contributed by atoms with Gasteiger partial charge in [-0.05, 0) is 68.0 Å². The molecule has 1 aromatic carbocycles. The van der Waals surface area contributed by atoms with Gasteiger partial charge in [-0.1, -0.05) is 0 Å². The molecule has 0 bridgehead atoms. The average molecular weight is 372 g/mol. The highest BCUT2D eigenvalue weighted by atomic mass is 19.1. The molecule has 0 radical (unpaired) electrons. The van der Waals surface area contributed by atoms with Gasteiger partial charge in [0.2, 0.25) is 0 Å². The molecular formula is C21H25FN2O3. The Morgan fingerprint density at radius 1 is 1.19 bits per heavy atom. The summed E-state index contributed by atoms with van der Waals surface area (Å²) in [6.45, 7) is 1.70. The monoisotopic (exact) mass is 372 g/mol. The molecule has 0 aliphatic heterocycles. The van der Waals surface area contributed by atoms with Crippen LogP contribution in [0.2, 0.25) is 0 Å². The summed E-state index contributed by atoms with van der Waals surface area (Å²) < 4.78 is 18.9. The van der Waals surface area contributed by atoms with Gasteiger partial charge in [0.05, 0.1) is 13.1 Å². The number of carbonyl (C=O) groups is 1. The number of hydrogen-bond donors (Lipinski definition) is 2. The van der Waals surface area contributed by atoms with E-state index in [4.69, 9.17) is 9.52 Å². The number of carboxylic acid groups (broad SMARTS) is 1. The molecule has 27 heavy (non-hydrogen) atoms. The third-order valence-corrected chi connectivity index (χ3v) is 5.51. The Hall–Kier alpha value is -2.18. The van der Waals surface area contributed by atoms with E-state index in [1.807, 2.05) is 12.1 Å². The minimum absolute atomic E-state index is 0.146. The van der Waals surface area contributed by atoms with Crippen LogP contribution in [0, 0.1) is 11.7 Å². The lowest BCUT2D eigenvalue weighted by molar-refractivity contribution is -0.139. The second kappa shape index (κ2) is 7.82. The summed E-state index contributed by atoms with van der Waals surface area (Å²) >= 11 is 0. The van der Waals surface area contributed by atoms with Gasteiger partial charge >= 0.3 is 5.97 Å². The largest absolute Gasteiger partial charge is 0.480 e. The van der Waals surface area contributed by atoms with Crippen LogP contribution >= 0.6 is 0 Å². The van der Waals surface area contributed by atoms with Gasteiger partial charge < -0.3 is 14.8 Å². The molecule has 1 heterocycles. The van der Waals surface area contributed by atoms with E-state index in [2.05, 4.69) is 10.2 Å². The molecule has 2 N–H and O–H groups in total. The van der Waals surface area contributed by atoms with E-state index in [9.17, 15) is 9.18 Å². The number of carboxylic acids is 1. The molecule has 2 aromatic rings. The van der Waals surface area contributed by atoms with E-state index in [0.717, 1.165) is 36.5 Å². The zero-order valence-corrected chi connectivity index (χ0v) is 15.2. The SMILES string of the molecule is O=C(O)CN(CC1CC1)C1CC(NCc2ccc(-c3ccc(F)cc3)o2)C1. The molecule has 144 valence electrons. The van der Waals surface area contributed by atoms with Gasteiger partial charge in [-0.15, -0.1) is 0 Å². The van der Waals surface area contributed by atoms with Crippen molar-refractivity contribution >= 4 is 5.97 Å². The minimum atomic E-state index is -0.740. The lowest BCUT2D eigenvalue weighted by Gasteiger charge is -2.42. The second-order valence-corrected chi connectivity index (χ2v) is 7.74. The standard InChI is InChI=1S/C21H25FN2O3/c22-16-5-3-15(4-6-16)20-8-7-19(27-20)11-23-17-9-18(10-17)24(13-21(25)26)12-14-1-2-14/h3-8,14,17-18,23H,1-2,9-13H2,(H,25,26). The Morgan fingerprint density at radius 2 is 1.93 bits per heavy atom. The predicted octanol–water partition coefficient (Wildman–Crippen LogP) is 3.50. The number of nitrogens with zero attached hydrogens (tertiary/aromatic N) is 1. The first kappa shape index (κ1) is 18.2. The molecule has 0 saturated heterocycles. The molecule has 0 amide bonds. The summed E-state index contributed by atoms with van der Waals surface area (Å²) in [6, 6.07) is 10.9.